The Labute approximate surface area is 112 Å². The Morgan fingerprint density at radius 1 is 1.32 bits per heavy atom. The fourth-order valence-electron chi connectivity index (χ4n) is 1.96. The molecular weight excluding hydrogens is 240 g/mol. The topological polar surface area (TPSA) is 59.5 Å². The van der Waals surface area contributed by atoms with Gasteiger partial charge in [-0.25, -0.2) is 0 Å². The SMILES string of the molecule is Cc1ccc(N)c(C(=O)N(C)Cc2ccoc2C)c1. The Hall–Kier alpha value is -2.23. The van der Waals surface area contributed by atoms with Crippen LogP contribution < -0.4 is 5.73 Å². The van der Waals surface area contributed by atoms with E-state index in [0.29, 0.717) is 17.8 Å². The Morgan fingerprint density at radius 2 is 2.05 bits per heavy atom. The summed E-state index contributed by atoms with van der Waals surface area (Å²) >= 11 is 0. The number of nitrogens with two attached hydrogens (primary N) is 1. The third-order valence-electron chi connectivity index (χ3n) is 3.16. The van der Waals surface area contributed by atoms with Crippen molar-refractivity contribution in [3.05, 3.63) is 53.0 Å². The van der Waals surface area contributed by atoms with E-state index in [4.69, 9.17) is 10.2 Å². The minimum Gasteiger partial charge on any atom is -0.469 e. The van der Waals surface area contributed by atoms with Crippen molar-refractivity contribution < 1.29 is 9.21 Å². The molecule has 0 unspecified atom stereocenters. The molecule has 0 radical (unpaired) electrons. The summed E-state index contributed by atoms with van der Waals surface area (Å²) in [4.78, 5) is 14.0. The van der Waals surface area contributed by atoms with E-state index in [9.17, 15) is 4.79 Å². The Bertz CT molecular complexity index is 602. The van der Waals surface area contributed by atoms with Gasteiger partial charge in [0.2, 0.25) is 0 Å². The molecule has 0 aliphatic rings. The van der Waals surface area contributed by atoms with Crippen LogP contribution in [-0.4, -0.2) is 17.9 Å². The van der Waals surface area contributed by atoms with Crippen LogP contribution in [0.1, 0.15) is 27.2 Å². The van der Waals surface area contributed by atoms with E-state index in [1.165, 1.54) is 0 Å². The highest BCUT2D eigenvalue weighted by molar-refractivity contribution is 5.99. The van der Waals surface area contributed by atoms with E-state index in [-0.39, 0.29) is 5.91 Å². The molecule has 1 aromatic carbocycles. The summed E-state index contributed by atoms with van der Waals surface area (Å²) in [6, 6.07) is 7.35. The summed E-state index contributed by atoms with van der Waals surface area (Å²) in [5, 5.41) is 0. The lowest BCUT2D eigenvalue weighted by Crippen LogP contribution is -2.27. The van der Waals surface area contributed by atoms with Gasteiger partial charge in [-0.15, -0.1) is 0 Å². The molecule has 1 aromatic heterocycles. The number of hydrogen-bond donors (Lipinski definition) is 1. The lowest BCUT2D eigenvalue weighted by molar-refractivity contribution is 0.0785. The molecule has 2 rings (SSSR count). The third-order valence-corrected chi connectivity index (χ3v) is 3.16. The third kappa shape index (κ3) is 2.78. The minimum atomic E-state index is -0.0817. The quantitative estimate of drug-likeness (QED) is 0.861. The average molecular weight is 258 g/mol. The van der Waals surface area contributed by atoms with Crippen LogP contribution in [0.4, 0.5) is 5.69 Å². The monoisotopic (exact) mass is 258 g/mol. The maximum Gasteiger partial charge on any atom is 0.255 e. The summed E-state index contributed by atoms with van der Waals surface area (Å²) < 4.78 is 5.23. The number of aryl methyl sites for hydroxylation is 2. The Kier molecular flexibility index (Phi) is 3.60. The van der Waals surface area contributed by atoms with Crippen LogP contribution in [0.5, 0.6) is 0 Å². The Morgan fingerprint density at radius 3 is 2.68 bits per heavy atom. The predicted molar refractivity (Wildman–Crippen MR) is 74.8 cm³/mol. The van der Waals surface area contributed by atoms with E-state index >= 15 is 0 Å². The second-order valence-electron chi connectivity index (χ2n) is 4.75. The van der Waals surface area contributed by atoms with Gasteiger partial charge in [0, 0.05) is 24.8 Å². The van der Waals surface area contributed by atoms with Crippen LogP contribution in [0, 0.1) is 13.8 Å². The largest absolute Gasteiger partial charge is 0.469 e. The van der Waals surface area contributed by atoms with Crippen molar-refractivity contribution in [1.82, 2.24) is 4.90 Å². The van der Waals surface area contributed by atoms with Crippen molar-refractivity contribution in [2.75, 3.05) is 12.8 Å². The molecule has 0 saturated heterocycles. The fourth-order valence-corrected chi connectivity index (χ4v) is 1.96. The first-order chi connectivity index (χ1) is 8.99. The molecule has 0 fully saturated rings. The lowest BCUT2D eigenvalue weighted by atomic mass is 10.1. The standard InChI is InChI=1S/C15H18N2O2/c1-10-4-5-14(16)13(8-10)15(18)17(3)9-12-6-7-19-11(12)2/h4-8H,9,16H2,1-3H3. The summed E-state index contributed by atoms with van der Waals surface area (Å²) in [7, 11) is 1.76. The number of nitrogen functional groups attached to an aromatic ring is 1. The number of amides is 1. The maximum atomic E-state index is 12.4. The lowest BCUT2D eigenvalue weighted by Gasteiger charge is -2.18. The second kappa shape index (κ2) is 5.18. The van der Waals surface area contributed by atoms with Crippen molar-refractivity contribution in [3.8, 4) is 0 Å². The molecule has 0 saturated carbocycles. The van der Waals surface area contributed by atoms with Crippen LogP contribution >= 0.6 is 0 Å². The molecule has 2 N–H and O–H groups in total. The van der Waals surface area contributed by atoms with Crippen LogP contribution in [0.15, 0.2) is 34.9 Å². The number of hydrogen-bond acceptors (Lipinski definition) is 3. The number of nitrogens with zero attached hydrogens (tertiary/aromatic N) is 1. The predicted octanol–water partition coefficient (Wildman–Crippen LogP) is 2.75. The highest BCUT2D eigenvalue weighted by Gasteiger charge is 2.16. The van der Waals surface area contributed by atoms with Gasteiger partial charge in [0.05, 0.1) is 11.8 Å². The van der Waals surface area contributed by atoms with Crippen LogP contribution in [0.3, 0.4) is 0 Å². The van der Waals surface area contributed by atoms with Crippen LogP contribution in [-0.2, 0) is 6.54 Å². The van der Waals surface area contributed by atoms with Crippen molar-refractivity contribution in [2.45, 2.75) is 20.4 Å². The van der Waals surface area contributed by atoms with Crippen molar-refractivity contribution in [2.24, 2.45) is 0 Å². The number of benzene rings is 1. The average Bonchev–Trinajstić information content (AvgIpc) is 2.77. The van der Waals surface area contributed by atoms with E-state index < -0.39 is 0 Å². The first-order valence-electron chi connectivity index (χ1n) is 6.13. The van der Waals surface area contributed by atoms with Gasteiger partial charge in [-0.3, -0.25) is 4.79 Å². The van der Waals surface area contributed by atoms with Gasteiger partial charge in [-0.1, -0.05) is 11.6 Å². The molecule has 100 valence electrons. The number of carbonyl (C=O) groups excluding carboxylic acids is 1. The summed E-state index contributed by atoms with van der Waals surface area (Å²) in [6.45, 7) is 4.33. The maximum absolute atomic E-state index is 12.4. The highest BCUT2D eigenvalue weighted by Crippen LogP contribution is 2.18. The van der Waals surface area contributed by atoms with Crippen molar-refractivity contribution in [3.63, 3.8) is 0 Å². The van der Waals surface area contributed by atoms with Crippen molar-refractivity contribution >= 4 is 11.6 Å². The van der Waals surface area contributed by atoms with Gasteiger partial charge in [0.1, 0.15) is 5.76 Å². The molecule has 0 aliphatic carbocycles. The number of rotatable bonds is 3. The molecule has 1 heterocycles. The number of furan rings is 1. The van der Waals surface area contributed by atoms with E-state index in [1.54, 1.807) is 24.3 Å². The van der Waals surface area contributed by atoms with Crippen LogP contribution in [0.25, 0.3) is 0 Å². The van der Waals surface area contributed by atoms with Gasteiger partial charge >= 0.3 is 0 Å². The molecule has 2 aromatic rings. The van der Waals surface area contributed by atoms with Crippen molar-refractivity contribution in [1.29, 1.82) is 0 Å². The molecule has 0 bridgehead atoms. The first kappa shape index (κ1) is 13.2. The number of anilines is 1. The minimum absolute atomic E-state index is 0.0817. The molecule has 1 amide bonds. The molecule has 0 aliphatic heterocycles. The molecule has 0 spiro atoms. The molecule has 19 heavy (non-hydrogen) atoms. The summed E-state index contributed by atoms with van der Waals surface area (Å²) in [5.41, 5.74) is 8.94. The fraction of sp³-hybridized carbons (Fsp3) is 0.267. The first-order valence-corrected chi connectivity index (χ1v) is 6.13. The Balaban J connectivity index is 2.19. The van der Waals surface area contributed by atoms with Gasteiger partial charge in [-0.2, -0.15) is 0 Å². The smallest absolute Gasteiger partial charge is 0.255 e. The van der Waals surface area contributed by atoms with Crippen LogP contribution in [0.2, 0.25) is 0 Å². The van der Waals surface area contributed by atoms with Gasteiger partial charge in [-0.05, 0) is 32.0 Å². The van der Waals surface area contributed by atoms with E-state index in [1.807, 2.05) is 32.0 Å². The van der Waals surface area contributed by atoms with Gasteiger partial charge < -0.3 is 15.1 Å². The zero-order valence-corrected chi connectivity index (χ0v) is 11.4. The zero-order chi connectivity index (χ0) is 14.0. The number of carbonyl (C=O) groups is 1. The second-order valence-corrected chi connectivity index (χ2v) is 4.75. The normalized spacial score (nSPS) is 10.5. The zero-order valence-electron chi connectivity index (χ0n) is 11.4. The van der Waals surface area contributed by atoms with E-state index in [0.717, 1.165) is 16.9 Å². The molecule has 4 nitrogen and oxygen atoms in total. The molecular formula is C15H18N2O2. The van der Waals surface area contributed by atoms with E-state index in [2.05, 4.69) is 0 Å². The molecule has 0 atom stereocenters. The van der Waals surface area contributed by atoms with Gasteiger partial charge in [0.25, 0.3) is 5.91 Å². The molecule has 4 heteroatoms. The summed E-state index contributed by atoms with van der Waals surface area (Å²) in [6.07, 6.45) is 1.63. The highest BCUT2D eigenvalue weighted by atomic mass is 16.3. The summed E-state index contributed by atoms with van der Waals surface area (Å²) in [5.74, 6) is 0.749. The van der Waals surface area contributed by atoms with Gasteiger partial charge in [0.15, 0.2) is 0 Å².